The zero-order valence-electron chi connectivity index (χ0n) is 22.4. The van der Waals surface area contributed by atoms with E-state index in [0.717, 1.165) is 4.31 Å². The van der Waals surface area contributed by atoms with Crippen LogP contribution < -0.4 is 9.62 Å². The summed E-state index contributed by atoms with van der Waals surface area (Å²) in [6, 6.07) is 18.7. The lowest BCUT2D eigenvalue weighted by molar-refractivity contribution is -0.141. The van der Waals surface area contributed by atoms with Crippen LogP contribution in [0.1, 0.15) is 39.7 Å². The van der Waals surface area contributed by atoms with Gasteiger partial charge in [-0.2, -0.15) is 0 Å². The van der Waals surface area contributed by atoms with Gasteiger partial charge in [0.15, 0.2) is 0 Å². The number of hydrogen-bond donors (Lipinski definition) is 1. The smallest absolute Gasteiger partial charge is 0.264 e. The van der Waals surface area contributed by atoms with Gasteiger partial charge in [-0.15, -0.1) is 0 Å². The average Bonchev–Trinajstić information content (AvgIpc) is 2.87. The summed E-state index contributed by atoms with van der Waals surface area (Å²) in [4.78, 5) is 28.6. The maximum atomic E-state index is 14.0. The Labute approximate surface area is 234 Å². The Morgan fingerprint density at radius 3 is 2.18 bits per heavy atom. The van der Waals surface area contributed by atoms with Crippen LogP contribution in [0.2, 0.25) is 5.02 Å². The first-order valence-electron chi connectivity index (χ1n) is 12.5. The standard InChI is InChI=1S/C29H33ClFN3O4S/c1-5-26(28(36)32-29(2,3)4)33(19-21-14-16-23(31)17-15-21)27(35)20-34(24-11-9-10-22(30)18-24)39(37,38)25-12-7-6-8-13-25/h6-18,26H,5,19-20H2,1-4H3,(H,32,36). The topological polar surface area (TPSA) is 86.8 Å². The van der Waals surface area contributed by atoms with Crippen molar-refractivity contribution in [2.45, 2.75) is 57.1 Å². The van der Waals surface area contributed by atoms with Gasteiger partial charge in [-0.25, -0.2) is 12.8 Å². The van der Waals surface area contributed by atoms with E-state index in [4.69, 9.17) is 11.6 Å². The minimum Gasteiger partial charge on any atom is -0.350 e. The van der Waals surface area contributed by atoms with E-state index in [1.807, 2.05) is 20.8 Å². The maximum Gasteiger partial charge on any atom is 0.264 e. The molecule has 7 nitrogen and oxygen atoms in total. The number of sulfonamides is 1. The van der Waals surface area contributed by atoms with Gasteiger partial charge in [0.2, 0.25) is 11.8 Å². The summed E-state index contributed by atoms with van der Waals surface area (Å²) in [6.07, 6.45) is 0.275. The third-order valence-corrected chi connectivity index (χ3v) is 7.88. The van der Waals surface area contributed by atoms with Crippen LogP contribution in [-0.4, -0.2) is 43.3 Å². The summed E-state index contributed by atoms with van der Waals surface area (Å²) in [5.41, 5.74) is 0.235. The first-order chi connectivity index (χ1) is 18.3. The van der Waals surface area contributed by atoms with Crippen molar-refractivity contribution in [3.05, 3.63) is 95.3 Å². The number of carbonyl (C=O) groups excluding carboxylic acids is 2. The summed E-state index contributed by atoms with van der Waals surface area (Å²) >= 11 is 6.18. The van der Waals surface area contributed by atoms with Crippen molar-refractivity contribution in [2.24, 2.45) is 0 Å². The number of rotatable bonds is 10. The van der Waals surface area contributed by atoms with E-state index in [1.54, 1.807) is 43.3 Å². The van der Waals surface area contributed by atoms with Crippen LogP contribution in [0.25, 0.3) is 0 Å². The number of carbonyl (C=O) groups is 2. The molecule has 0 saturated carbocycles. The Bertz CT molecular complexity index is 1390. The summed E-state index contributed by atoms with van der Waals surface area (Å²) in [6.45, 7) is 6.65. The molecular formula is C29H33ClFN3O4S. The fourth-order valence-corrected chi connectivity index (χ4v) is 5.65. The van der Waals surface area contributed by atoms with Crippen molar-refractivity contribution in [3.63, 3.8) is 0 Å². The highest BCUT2D eigenvalue weighted by molar-refractivity contribution is 7.92. The van der Waals surface area contributed by atoms with Gasteiger partial charge in [0.25, 0.3) is 10.0 Å². The minimum atomic E-state index is -4.18. The fraction of sp³-hybridized carbons (Fsp3) is 0.310. The lowest BCUT2D eigenvalue weighted by Crippen LogP contribution is -2.55. The SMILES string of the molecule is CCC(C(=O)NC(C)(C)C)N(Cc1ccc(F)cc1)C(=O)CN(c1cccc(Cl)c1)S(=O)(=O)c1ccccc1. The molecule has 0 spiro atoms. The third-order valence-electron chi connectivity index (χ3n) is 5.86. The van der Waals surface area contributed by atoms with Gasteiger partial charge in [0.05, 0.1) is 10.6 Å². The number of nitrogens with one attached hydrogen (secondary N) is 1. The molecule has 1 N–H and O–H groups in total. The summed E-state index contributed by atoms with van der Waals surface area (Å²) in [5, 5.41) is 3.21. The molecule has 0 aliphatic rings. The molecule has 3 aromatic carbocycles. The number of halogens is 2. The van der Waals surface area contributed by atoms with Crippen LogP contribution in [0, 0.1) is 5.82 Å². The quantitative estimate of drug-likeness (QED) is 0.352. The largest absolute Gasteiger partial charge is 0.350 e. The highest BCUT2D eigenvalue weighted by Crippen LogP contribution is 2.27. The van der Waals surface area contributed by atoms with E-state index in [0.29, 0.717) is 10.6 Å². The minimum absolute atomic E-state index is 0.000349. The van der Waals surface area contributed by atoms with Gasteiger partial charge in [-0.05, 0) is 75.2 Å². The Kier molecular flexibility index (Phi) is 9.74. The highest BCUT2D eigenvalue weighted by Gasteiger charge is 2.34. The lowest BCUT2D eigenvalue weighted by atomic mass is 10.1. The molecule has 39 heavy (non-hydrogen) atoms. The molecule has 1 unspecified atom stereocenters. The number of hydrogen-bond acceptors (Lipinski definition) is 4. The van der Waals surface area contributed by atoms with Crippen molar-refractivity contribution in [1.82, 2.24) is 10.2 Å². The van der Waals surface area contributed by atoms with E-state index in [1.165, 1.54) is 47.4 Å². The summed E-state index contributed by atoms with van der Waals surface area (Å²) in [7, 11) is -4.18. The summed E-state index contributed by atoms with van der Waals surface area (Å²) < 4.78 is 42.1. The molecule has 0 fully saturated rings. The second-order valence-corrected chi connectivity index (χ2v) is 12.4. The molecule has 3 aromatic rings. The van der Waals surface area contributed by atoms with E-state index in [-0.39, 0.29) is 29.5 Å². The zero-order valence-corrected chi connectivity index (χ0v) is 24.0. The molecule has 208 valence electrons. The second kappa shape index (κ2) is 12.6. The van der Waals surface area contributed by atoms with Crippen molar-refractivity contribution < 1.29 is 22.4 Å². The predicted molar refractivity (Wildman–Crippen MR) is 151 cm³/mol. The first-order valence-corrected chi connectivity index (χ1v) is 14.3. The normalized spacial score (nSPS) is 12.5. The molecule has 10 heteroatoms. The Hall–Kier alpha value is -3.43. The number of nitrogens with zero attached hydrogens (tertiary/aromatic N) is 2. The molecular weight excluding hydrogens is 541 g/mol. The molecule has 3 rings (SSSR count). The van der Waals surface area contributed by atoms with Gasteiger partial charge in [-0.3, -0.25) is 13.9 Å². The van der Waals surface area contributed by atoms with Gasteiger partial charge in [0, 0.05) is 17.1 Å². The Balaban J connectivity index is 2.06. The van der Waals surface area contributed by atoms with Crippen molar-refractivity contribution in [1.29, 1.82) is 0 Å². The molecule has 2 amide bonds. The first kappa shape index (κ1) is 30.1. The van der Waals surface area contributed by atoms with E-state index in [2.05, 4.69) is 5.32 Å². The van der Waals surface area contributed by atoms with Crippen LogP contribution in [0.5, 0.6) is 0 Å². The zero-order chi connectivity index (χ0) is 28.8. The molecule has 0 aliphatic heterocycles. The monoisotopic (exact) mass is 573 g/mol. The van der Waals surface area contributed by atoms with Gasteiger partial charge in [-0.1, -0.05) is 54.9 Å². The molecule has 0 aromatic heterocycles. The second-order valence-electron chi connectivity index (χ2n) is 10.1. The predicted octanol–water partition coefficient (Wildman–Crippen LogP) is 5.40. The average molecular weight is 574 g/mol. The molecule has 0 aliphatic carbocycles. The van der Waals surface area contributed by atoms with Crippen molar-refractivity contribution >= 4 is 39.1 Å². The van der Waals surface area contributed by atoms with Crippen molar-refractivity contribution in [3.8, 4) is 0 Å². The Morgan fingerprint density at radius 2 is 1.62 bits per heavy atom. The van der Waals surface area contributed by atoms with E-state index in [9.17, 15) is 22.4 Å². The summed E-state index contributed by atoms with van der Waals surface area (Å²) in [5.74, 6) is -1.41. The molecule has 1 atom stereocenters. The molecule has 0 heterocycles. The van der Waals surface area contributed by atoms with Crippen LogP contribution in [0.3, 0.4) is 0 Å². The highest BCUT2D eigenvalue weighted by atomic mass is 35.5. The van der Waals surface area contributed by atoms with Crippen LogP contribution in [-0.2, 0) is 26.2 Å². The fourth-order valence-electron chi connectivity index (χ4n) is 4.04. The third kappa shape index (κ3) is 8.03. The van der Waals surface area contributed by atoms with Crippen LogP contribution in [0.4, 0.5) is 10.1 Å². The Morgan fingerprint density at radius 1 is 0.974 bits per heavy atom. The maximum absolute atomic E-state index is 14.0. The molecule has 0 bridgehead atoms. The number of anilines is 1. The van der Waals surface area contributed by atoms with E-state index < -0.39 is 39.9 Å². The van der Waals surface area contributed by atoms with Gasteiger partial charge in [0.1, 0.15) is 18.4 Å². The lowest BCUT2D eigenvalue weighted by Gasteiger charge is -2.34. The number of benzene rings is 3. The van der Waals surface area contributed by atoms with Gasteiger partial charge < -0.3 is 10.2 Å². The van der Waals surface area contributed by atoms with Crippen molar-refractivity contribution in [2.75, 3.05) is 10.8 Å². The van der Waals surface area contributed by atoms with Crippen LogP contribution >= 0.6 is 11.6 Å². The number of amides is 2. The molecule has 0 radical (unpaired) electrons. The molecule has 0 saturated heterocycles. The van der Waals surface area contributed by atoms with E-state index >= 15 is 0 Å². The van der Waals surface area contributed by atoms with Gasteiger partial charge >= 0.3 is 0 Å². The van der Waals surface area contributed by atoms with Crippen LogP contribution in [0.15, 0.2) is 83.8 Å².